The van der Waals surface area contributed by atoms with E-state index in [0.29, 0.717) is 0 Å². The number of rotatable bonds is 2. The van der Waals surface area contributed by atoms with Gasteiger partial charge in [0, 0.05) is 5.69 Å². The topological polar surface area (TPSA) is 74.9 Å². The highest BCUT2D eigenvalue weighted by molar-refractivity contribution is 5.31. The van der Waals surface area contributed by atoms with Crippen molar-refractivity contribution in [3.05, 3.63) is 17.0 Å². The van der Waals surface area contributed by atoms with Crippen LogP contribution in [0.15, 0.2) is 0 Å². The van der Waals surface area contributed by atoms with Crippen molar-refractivity contribution in [2.45, 2.75) is 25.3 Å². The Morgan fingerprint density at radius 3 is 3.17 bits per heavy atom. The fourth-order valence-electron chi connectivity index (χ4n) is 1.74. The van der Waals surface area contributed by atoms with Crippen molar-refractivity contribution in [2.24, 2.45) is 5.73 Å². The van der Waals surface area contributed by atoms with Crippen LogP contribution in [0.25, 0.3) is 0 Å². The van der Waals surface area contributed by atoms with E-state index in [9.17, 15) is 0 Å². The second-order valence-corrected chi connectivity index (χ2v) is 3.21. The maximum atomic E-state index is 8.86. The molecule has 0 fully saturated rings. The zero-order valence-corrected chi connectivity index (χ0v) is 6.88. The van der Waals surface area contributed by atoms with E-state index in [1.54, 1.807) is 0 Å². The quantitative estimate of drug-likeness (QED) is 0.575. The molecule has 0 spiro atoms. The lowest BCUT2D eigenvalue weighted by molar-refractivity contribution is 0.265. The van der Waals surface area contributed by atoms with Crippen molar-refractivity contribution in [3.8, 4) is 0 Å². The first kappa shape index (κ1) is 7.76. The van der Waals surface area contributed by atoms with Crippen LogP contribution in [0.5, 0.6) is 0 Å². The van der Waals surface area contributed by atoms with Crippen LogP contribution in [0.2, 0.25) is 0 Å². The molecule has 0 amide bonds. The Kier molecular flexibility index (Phi) is 1.86. The van der Waals surface area contributed by atoms with Gasteiger partial charge in [0.25, 0.3) is 0 Å². The van der Waals surface area contributed by atoms with Crippen LogP contribution in [0, 0.1) is 0 Å². The summed E-state index contributed by atoms with van der Waals surface area (Å²) in [6.07, 6.45) is 3.30. The molecule has 1 atom stereocenters. The lowest BCUT2D eigenvalue weighted by Crippen LogP contribution is -2.16. The minimum Gasteiger partial charge on any atom is -0.394 e. The molecule has 1 heterocycles. The molecule has 0 saturated carbocycles. The molecule has 0 aliphatic heterocycles. The third kappa shape index (κ3) is 1.04. The molecular weight excluding hydrogens is 154 g/mol. The lowest BCUT2D eigenvalue weighted by atomic mass is 10.1. The predicted octanol–water partition coefficient (Wildman–Crippen LogP) is -0.110. The van der Waals surface area contributed by atoms with Crippen LogP contribution in [-0.2, 0) is 12.8 Å². The average Bonchev–Trinajstić information content (AvgIpc) is 2.62. The highest BCUT2D eigenvalue weighted by Gasteiger charge is 2.21. The molecule has 0 saturated heterocycles. The largest absolute Gasteiger partial charge is 0.394 e. The molecule has 1 aliphatic rings. The minimum atomic E-state index is -0.317. The number of aryl methyl sites for hydroxylation is 1. The average molecular weight is 167 g/mol. The second kappa shape index (κ2) is 2.88. The lowest BCUT2D eigenvalue weighted by Gasteiger charge is -2.05. The molecule has 1 aromatic heterocycles. The van der Waals surface area contributed by atoms with Gasteiger partial charge in [-0.2, -0.15) is 5.10 Å². The van der Waals surface area contributed by atoms with Gasteiger partial charge >= 0.3 is 0 Å². The zero-order chi connectivity index (χ0) is 8.55. The minimum absolute atomic E-state index is 0.0305. The number of nitrogens with one attached hydrogen (secondary N) is 1. The number of aromatic amines is 1. The first-order valence-corrected chi connectivity index (χ1v) is 4.25. The summed E-state index contributed by atoms with van der Waals surface area (Å²) in [6.45, 7) is -0.0305. The molecule has 0 bridgehead atoms. The second-order valence-electron chi connectivity index (χ2n) is 3.21. The Balaban J connectivity index is 2.33. The summed E-state index contributed by atoms with van der Waals surface area (Å²) in [5.41, 5.74) is 8.97. The molecule has 4 N–H and O–H groups in total. The van der Waals surface area contributed by atoms with Gasteiger partial charge in [-0.15, -0.1) is 0 Å². The van der Waals surface area contributed by atoms with Crippen molar-refractivity contribution >= 4 is 0 Å². The third-order valence-electron chi connectivity index (χ3n) is 2.39. The summed E-state index contributed by atoms with van der Waals surface area (Å²) in [5, 5.41) is 15.9. The smallest absolute Gasteiger partial charge is 0.0847 e. The number of hydrogen-bond donors (Lipinski definition) is 3. The van der Waals surface area contributed by atoms with Crippen molar-refractivity contribution in [1.82, 2.24) is 10.2 Å². The normalized spacial score (nSPS) is 17.8. The molecule has 12 heavy (non-hydrogen) atoms. The number of aliphatic hydroxyl groups is 1. The summed E-state index contributed by atoms with van der Waals surface area (Å²) in [5.74, 6) is 0. The first-order valence-electron chi connectivity index (χ1n) is 4.25. The fourth-order valence-corrected chi connectivity index (χ4v) is 1.74. The van der Waals surface area contributed by atoms with Crippen molar-refractivity contribution in [3.63, 3.8) is 0 Å². The van der Waals surface area contributed by atoms with Gasteiger partial charge in [0.15, 0.2) is 0 Å². The Morgan fingerprint density at radius 2 is 2.42 bits per heavy atom. The van der Waals surface area contributed by atoms with Gasteiger partial charge in [0.1, 0.15) is 0 Å². The zero-order valence-electron chi connectivity index (χ0n) is 6.88. The Bertz CT molecular complexity index is 282. The van der Waals surface area contributed by atoms with Crippen LogP contribution in [-0.4, -0.2) is 21.9 Å². The highest BCUT2D eigenvalue weighted by Crippen LogP contribution is 2.25. The number of aromatic nitrogens is 2. The fraction of sp³-hybridized carbons (Fsp3) is 0.625. The maximum absolute atomic E-state index is 8.86. The number of aliphatic hydroxyl groups excluding tert-OH is 1. The van der Waals surface area contributed by atoms with Crippen molar-refractivity contribution in [1.29, 1.82) is 0 Å². The first-order chi connectivity index (χ1) is 5.83. The molecule has 0 unspecified atom stereocenters. The summed E-state index contributed by atoms with van der Waals surface area (Å²) < 4.78 is 0. The highest BCUT2D eigenvalue weighted by atomic mass is 16.3. The molecule has 0 aromatic carbocycles. The van der Waals surface area contributed by atoms with E-state index >= 15 is 0 Å². The van der Waals surface area contributed by atoms with Gasteiger partial charge in [-0.25, -0.2) is 0 Å². The molecule has 0 radical (unpaired) electrons. The maximum Gasteiger partial charge on any atom is 0.0847 e. The number of hydrogen-bond acceptors (Lipinski definition) is 3. The Hall–Kier alpha value is -0.870. The summed E-state index contributed by atoms with van der Waals surface area (Å²) in [4.78, 5) is 0. The molecule has 1 aromatic rings. The van der Waals surface area contributed by atoms with E-state index in [1.807, 2.05) is 0 Å². The number of fused-ring (bicyclic) bond motifs is 1. The van der Waals surface area contributed by atoms with Crippen LogP contribution in [0.1, 0.15) is 29.4 Å². The van der Waals surface area contributed by atoms with Crippen LogP contribution in [0.4, 0.5) is 0 Å². The molecule has 4 nitrogen and oxygen atoms in total. The van der Waals surface area contributed by atoms with Gasteiger partial charge in [-0.3, -0.25) is 5.10 Å². The molecule has 2 rings (SSSR count). The van der Waals surface area contributed by atoms with Crippen LogP contribution < -0.4 is 5.73 Å². The van der Waals surface area contributed by atoms with Crippen molar-refractivity contribution < 1.29 is 5.11 Å². The van der Waals surface area contributed by atoms with E-state index in [0.717, 1.165) is 18.5 Å². The Labute approximate surface area is 70.8 Å². The molecule has 66 valence electrons. The summed E-state index contributed by atoms with van der Waals surface area (Å²) >= 11 is 0. The van der Waals surface area contributed by atoms with Gasteiger partial charge in [-0.1, -0.05) is 0 Å². The number of H-pyrrole nitrogens is 1. The monoisotopic (exact) mass is 167 g/mol. The van der Waals surface area contributed by atoms with Crippen LogP contribution in [0.3, 0.4) is 0 Å². The van der Waals surface area contributed by atoms with E-state index in [1.165, 1.54) is 17.7 Å². The SMILES string of the molecule is N[C@H](CO)c1n[nH]c2c1CCC2. The van der Waals surface area contributed by atoms with Gasteiger partial charge in [0.05, 0.1) is 18.3 Å². The Morgan fingerprint density at radius 1 is 1.58 bits per heavy atom. The van der Waals surface area contributed by atoms with E-state index < -0.39 is 0 Å². The number of nitrogens with zero attached hydrogens (tertiary/aromatic N) is 1. The van der Waals surface area contributed by atoms with E-state index in [2.05, 4.69) is 10.2 Å². The predicted molar refractivity (Wildman–Crippen MR) is 44.6 cm³/mol. The molecule has 1 aliphatic carbocycles. The van der Waals surface area contributed by atoms with Gasteiger partial charge in [-0.05, 0) is 24.8 Å². The van der Waals surface area contributed by atoms with E-state index in [-0.39, 0.29) is 12.6 Å². The van der Waals surface area contributed by atoms with E-state index in [4.69, 9.17) is 10.8 Å². The molecular formula is C8H13N3O. The van der Waals surface area contributed by atoms with Crippen molar-refractivity contribution in [2.75, 3.05) is 6.61 Å². The standard InChI is InChI=1S/C8H13N3O/c9-6(4-12)8-5-2-1-3-7(5)10-11-8/h6,12H,1-4,9H2,(H,10,11)/t6-/m1/s1. The third-order valence-corrected chi connectivity index (χ3v) is 2.39. The van der Waals surface area contributed by atoms with Gasteiger partial charge in [0.2, 0.25) is 0 Å². The van der Waals surface area contributed by atoms with Gasteiger partial charge < -0.3 is 10.8 Å². The number of nitrogens with two attached hydrogens (primary N) is 1. The summed E-state index contributed by atoms with van der Waals surface area (Å²) in [6, 6.07) is -0.317. The summed E-state index contributed by atoms with van der Waals surface area (Å²) in [7, 11) is 0. The van der Waals surface area contributed by atoms with Crippen LogP contribution >= 0.6 is 0 Å². The molecule has 4 heteroatoms.